The van der Waals surface area contributed by atoms with Crippen LogP contribution in [0.15, 0.2) is 41.3 Å². The van der Waals surface area contributed by atoms with Crippen LogP contribution in [0.5, 0.6) is 0 Å². The van der Waals surface area contributed by atoms with Crippen molar-refractivity contribution in [2.45, 2.75) is 4.90 Å². The number of hydrogen-bond donors (Lipinski definition) is 3. The Morgan fingerprint density at radius 1 is 1.00 bits per heavy atom. The molecule has 2 aromatic carbocycles. The molecule has 126 valence electrons. The predicted molar refractivity (Wildman–Crippen MR) is 95.4 cm³/mol. The fraction of sp³-hybridized carbons (Fsp3) is 0.375. The minimum absolute atomic E-state index is 0.303. The SMILES string of the molecule is CN(C)c1cccc2c(S(=O)(=O)NCCNCCN)cccc12. The summed E-state index contributed by atoms with van der Waals surface area (Å²) in [6.45, 7) is 2.07. The van der Waals surface area contributed by atoms with Crippen LogP contribution in [0.2, 0.25) is 0 Å². The lowest BCUT2D eigenvalue weighted by atomic mass is 10.1. The van der Waals surface area contributed by atoms with Crippen molar-refractivity contribution in [1.82, 2.24) is 10.0 Å². The summed E-state index contributed by atoms with van der Waals surface area (Å²) in [7, 11) is 0.327. The van der Waals surface area contributed by atoms with Gasteiger partial charge in [0.15, 0.2) is 0 Å². The van der Waals surface area contributed by atoms with Crippen LogP contribution in [-0.4, -0.2) is 48.7 Å². The maximum absolute atomic E-state index is 12.6. The normalized spacial score (nSPS) is 11.8. The molecule has 7 heteroatoms. The van der Waals surface area contributed by atoms with Crippen molar-refractivity contribution in [2.75, 3.05) is 45.2 Å². The molecule has 0 amide bonds. The maximum Gasteiger partial charge on any atom is 0.241 e. The standard InChI is InChI=1S/C16H24N4O2S/c1-20(2)15-7-3-6-14-13(15)5-4-8-16(14)23(21,22)19-12-11-18-10-9-17/h3-8,18-19H,9-12,17H2,1-2H3. The zero-order chi connectivity index (χ0) is 16.9. The quantitative estimate of drug-likeness (QED) is 0.619. The number of fused-ring (bicyclic) bond motifs is 1. The third-order valence-electron chi connectivity index (χ3n) is 3.55. The average Bonchev–Trinajstić information content (AvgIpc) is 2.53. The topological polar surface area (TPSA) is 87.5 Å². The maximum atomic E-state index is 12.6. The van der Waals surface area contributed by atoms with Crippen molar-refractivity contribution in [3.8, 4) is 0 Å². The second kappa shape index (κ2) is 7.74. The van der Waals surface area contributed by atoms with Crippen LogP contribution < -0.4 is 20.7 Å². The Labute approximate surface area is 137 Å². The second-order valence-corrected chi connectivity index (χ2v) is 7.19. The van der Waals surface area contributed by atoms with Crippen molar-refractivity contribution in [3.05, 3.63) is 36.4 Å². The lowest BCUT2D eigenvalue weighted by Gasteiger charge is -2.17. The molecular formula is C16H24N4O2S. The third-order valence-corrected chi connectivity index (χ3v) is 5.06. The molecule has 2 aromatic rings. The first-order valence-corrected chi connectivity index (χ1v) is 9.05. The molecule has 0 saturated heterocycles. The molecule has 0 spiro atoms. The molecule has 0 aliphatic rings. The highest BCUT2D eigenvalue weighted by atomic mass is 32.2. The fourth-order valence-corrected chi connectivity index (χ4v) is 3.72. The summed E-state index contributed by atoms with van der Waals surface area (Å²) in [4.78, 5) is 2.28. The van der Waals surface area contributed by atoms with Crippen molar-refractivity contribution in [3.63, 3.8) is 0 Å². The van der Waals surface area contributed by atoms with Gasteiger partial charge in [-0.2, -0.15) is 0 Å². The van der Waals surface area contributed by atoms with Gasteiger partial charge in [0.1, 0.15) is 0 Å². The van der Waals surface area contributed by atoms with Gasteiger partial charge in [-0.25, -0.2) is 13.1 Å². The van der Waals surface area contributed by atoms with E-state index in [2.05, 4.69) is 10.0 Å². The first-order chi connectivity index (χ1) is 11.0. The zero-order valence-corrected chi connectivity index (χ0v) is 14.4. The lowest BCUT2D eigenvalue weighted by Crippen LogP contribution is -2.33. The summed E-state index contributed by atoms with van der Waals surface area (Å²) in [5.74, 6) is 0. The van der Waals surface area contributed by atoms with Gasteiger partial charge in [0.2, 0.25) is 10.0 Å². The van der Waals surface area contributed by atoms with Crippen LogP contribution >= 0.6 is 0 Å². The number of sulfonamides is 1. The first kappa shape index (κ1) is 17.7. The number of nitrogens with zero attached hydrogens (tertiary/aromatic N) is 1. The second-order valence-electron chi connectivity index (χ2n) is 5.46. The minimum atomic E-state index is -3.56. The fourth-order valence-electron chi connectivity index (χ4n) is 2.47. The molecule has 0 heterocycles. The van der Waals surface area contributed by atoms with Gasteiger partial charge in [-0.3, -0.25) is 0 Å². The van der Waals surface area contributed by atoms with Crippen molar-refractivity contribution < 1.29 is 8.42 Å². The Kier molecular flexibility index (Phi) is 5.95. The van der Waals surface area contributed by atoms with Gasteiger partial charge in [0.25, 0.3) is 0 Å². The van der Waals surface area contributed by atoms with Gasteiger partial charge >= 0.3 is 0 Å². The summed E-state index contributed by atoms with van der Waals surface area (Å²) in [5, 5.41) is 4.70. The summed E-state index contributed by atoms with van der Waals surface area (Å²) < 4.78 is 27.8. The van der Waals surface area contributed by atoms with Gasteiger partial charge in [-0.15, -0.1) is 0 Å². The van der Waals surface area contributed by atoms with Crippen molar-refractivity contribution in [1.29, 1.82) is 0 Å². The monoisotopic (exact) mass is 336 g/mol. The average molecular weight is 336 g/mol. The molecule has 6 nitrogen and oxygen atoms in total. The van der Waals surface area contributed by atoms with E-state index in [9.17, 15) is 8.42 Å². The van der Waals surface area contributed by atoms with Gasteiger partial charge < -0.3 is 16.0 Å². The van der Waals surface area contributed by atoms with Crippen LogP contribution in [0.25, 0.3) is 10.8 Å². The summed E-state index contributed by atoms with van der Waals surface area (Å²) in [6.07, 6.45) is 0. The van der Waals surface area contributed by atoms with E-state index in [1.165, 1.54) is 0 Å². The van der Waals surface area contributed by atoms with Gasteiger partial charge in [0, 0.05) is 56.7 Å². The molecule has 0 unspecified atom stereocenters. The molecule has 0 aliphatic heterocycles. The Bertz CT molecular complexity index is 760. The first-order valence-electron chi connectivity index (χ1n) is 7.57. The molecule has 0 aliphatic carbocycles. The van der Waals surface area contributed by atoms with Crippen LogP contribution in [0.1, 0.15) is 0 Å². The molecule has 2 rings (SSSR count). The van der Waals surface area contributed by atoms with E-state index < -0.39 is 10.0 Å². The largest absolute Gasteiger partial charge is 0.377 e. The molecule has 0 bridgehead atoms. The van der Waals surface area contributed by atoms with Gasteiger partial charge in [-0.1, -0.05) is 24.3 Å². The summed E-state index contributed by atoms with van der Waals surface area (Å²) >= 11 is 0. The Balaban J connectivity index is 2.30. The highest BCUT2D eigenvalue weighted by molar-refractivity contribution is 7.89. The number of benzene rings is 2. The number of rotatable bonds is 8. The minimum Gasteiger partial charge on any atom is -0.377 e. The lowest BCUT2D eigenvalue weighted by molar-refractivity contribution is 0.577. The number of hydrogen-bond acceptors (Lipinski definition) is 5. The van der Waals surface area contributed by atoms with E-state index >= 15 is 0 Å². The van der Waals surface area contributed by atoms with E-state index in [1.54, 1.807) is 12.1 Å². The predicted octanol–water partition coefficient (Wildman–Crippen LogP) is 0.732. The van der Waals surface area contributed by atoms with Crippen LogP contribution in [0, 0.1) is 0 Å². The molecule has 0 fully saturated rings. The highest BCUT2D eigenvalue weighted by Crippen LogP contribution is 2.29. The van der Waals surface area contributed by atoms with Crippen LogP contribution in [0.3, 0.4) is 0 Å². The number of nitrogens with one attached hydrogen (secondary N) is 2. The molecule has 0 aromatic heterocycles. The molecule has 0 saturated carbocycles. The van der Waals surface area contributed by atoms with E-state index in [0.717, 1.165) is 16.5 Å². The van der Waals surface area contributed by atoms with E-state index in [0.29, 0.717) is 31.1 Å². The zero-order valence-electron chi connectivity index (χ0n) is 13.5. The van der Waals surface area contributed by atoms with Gasteiger partial charge in [-0.05, 0) is 12.1 Å². The van der Waals surface area contributed by atoms with Gasteiger partial charge in [0.05, 0.1) is 4.90 Å². The Hall–Kier alpha value is -1.67. The molecule has 4 N–H and O–H groups in total. The Morgan fingerprint density at radius 3 is 2.39 bits per heavy atom. The third kappa shape index (κ3) is 4.20. The van der Waals surface area contributed by atoms with E-state index in [4.69, 9.17) is 5.73 Å². The summed E-state index contributed by atoms with van der Waals surface area (Å²) in [5.41, 5.74) is 6.37. The molecule has 23 heavy (non-hydrogen) atoms. The Morgan fingerprint density at radius 2 is 1.70 bits per heavy atom. The van der Waals surface area contributed by atoms with Crippen LogP contribution in [0.4, 0.5) is 5.69 Å². The molecule has 0 radical (unpaired) electrons. The number of anilines is 1. The van der Waals surface area contributed by atoms with Crippen LogP contribution in [-0.2, 0) is 10.0 Å². The van der Waals surface area contributed by atoms with E-state index in [-0.39, 0.29) is 0 Å². The highest BCUT2D eigenvalue weighted by Gasteiger charge is 2.17. The van der Waals surface area contributed by atoms with E-state index in [1.807, 2.05) is 43.3 Å². The summed E-state index contributed by atoms with van der Waals surface area (Å²) in [6, 6.07) is 11.0. The smallest absolute Gasteiger partial charge is 0.241 e. The van der Waals surface area contributed by atoms with Crippen molar-refractivity contribution >= 4 is 26.5 Å². The molecular weight excluding hydrogens is 312 g/mol. The molecule has 0 atom stereocenters. The number of nitrogens with two attached hydrogens (primary N) is 1. The van der Waals surface area contributed by atoms with Crippen molar-refractivity contribution in [2.24, 2.45) is 5.73 Å².